The quantitative estimate of drug-likeness (QED) is 0.176. The highest BCUT2D eigenvalue weighted by atomic mass is 127. The van der Waals surface area contributed by atoms with Crippen LogP contribution in [-0.2, 0) is 0 Å². The standard InChI is InChI=1S/C18H39IOSi/c1-16(2,11-9-10-12-17(3,4)15-19)13-14-18(5,6)21(7,8)20/h20H,9-15H2,1-8H3. The molecule has 0 aromatic rings. The molecule has 0 fully saturated rings. The molecular weight excluding hydrogens is 387 g/mol. The Morgan fingerprint density at radius 3 is 1.57 bits per heavy atom. The Morgan fingerprint density at radius 1 is 0.762 bits per heavy atom. The van der Waals surface area contributed by atoms with Crippen LogP contribution in [0.3, 0.4) is 0 Å². The van der Waals surface area contributed by atoms with Crippen molar-refractivity contribution in [3.8, 4) is 0 Å². The van der Waals surface area contributed by atoms with Gasteiger partial charge in [0, 0.05) is 4.43 Å². The highest BCUT2D eigenvalue weighted by Crippen LogP contribution is 2.44. The summed E-state index contributed by atoms with van der Waals surface area (Å²) in [6.07, 6.45) is 7.72. The lowest BCUT2D eigenvalue weighted by Crippen LogP contribution is -2.39. The Bertz CT molecular complexity index is 303. The highest BCUT2D eigenvalue weighted by molar-refractivity contribution is 14.1. The summed E-state index contributed by atoms with van der Waals surface area (Å²) in [5.41, 5.74) is 0.907. The van der Waals surface area contributed by atoms with Crippen LogP contribution in [0, 0.1) is 10.8 Å². The fourth-order valence-corrected chi connectivity index (χ4v) is 3.47. The second-order valence-corrected chi connectivity index (χ2v) is 14.8. The van der Waals surface area contributed by atoms with Crippen LogP contribution in [0.25, 0.3) is 0 Å². The number of halogens is 1. The predicted molar refractivity (Wildman–Crippen MR) is 108 cm³/mol. The fraction of sp³-hybridized carbons (Fsp3) is 1.00. The minimum Gasteiger partial charge on any atom is -0.432 e. The largest absolute Gasteiger partial charge is 0.432 e. The van der Waals surface area contributed by atoms with Crippen molar-refractivity contribution in [3.63, 3.8) is 0 Å². The molecule has 0 atom stereocenters. The van der Waals surface area contributed by atoms with Gasteiger partial charge in [0.05, 0.1) is 0 Å². The molecular formula is C18H39IOSi. The van der Waals surface area contributed by atoms with E-state index < -0.39 is 8.32 Å². The van der Waals surface area contributed by atoms with Crippen molar-refractivity contribution in [2.75, 3.05) is 4.43 Å². The van der Waals surface area contributed by atoms with Gasteiger partial charge in [-0.05, 0) is 54.6 Å². The second kappa shape index (κ2) is 8.14. The first-order valence-corrected chi connectivity index (χ1v) is 13.0. The van der Waals surface area contributed by atoms with Crippen molar-refractivity contribution in [2.24, 2.45) is 10.8 Å². The molecule has 128 valence electrons. The van der Waals surface area contributed by atoms with E-state index in [1.165, 1.54) is 36.5 Å². The Morgan fingerprint density at radius 2 is 1.19 bits per heavy atom. The molecule has 0 aromatic carbocycles. The monoisotopic (exact) mass is 426 g/mol. The maximum Gasteiger partial charge on any atom is 0.188 e. The summed E-state index contributed by atoms with van der Waals surface area (Å²) in [5.74, 6) is 0. The first-order valence-electron chi connectivity index (χ1n) is 8.51. The maximum absolute atomic E-state index is 10.4. The zero-order valence-electron chi connectivity index (χ0n) is 15.8. The zero-order chi connectivity index (χ0) is 16.9. The third-order valence-electron chi connectivity index (χ3n) is 5.40. The SMILES string of the molecule is CC(C)(CI)CCCCC(C)(C)CCC(C)(C)[Si](C)(C)O. The van der Waals surface area contributed by atoms with E-state index in [9.17, 15) is 4.80 Å². The highest BCUT2D eigenvalue weighted by Gasteiger charge is 2.38. The molecule has 0 unspecified atom stereocenters. The molecule has 0 aromatic heterocycles. The summed E-state index contributed by atoms with van der Waals surface area (Å²) in [4.78, 5) is 10.4. The number of unbranched alkanes of at least 4 members (excludes halogenated alkanes) is 1. The van der Waals surface area contributed by atoms with E-state index >= 15 is 0 Å². The van der Waals surface area contributed by atoms with E-state index in [4.69, 9.17) is 0 Å². The van der Waals surface area contributed by atoms with Crippen LogP contribution in [0.15, 0.2) is 0 Å². The summed E-state index contributed by atoms with van der Waals surface area (Å²) >= 11 is 2.51. The van der Waals surface area contributed by atoms with Crippen LogP contribution in [0.4, 0.5) is 0 Å². The normalized spacial score (nSPS) is 14.6. The lowest BCUT2D eigenvalue weighted by molar-refractivity contribution is 0.259. The van der Waals surface area contributed by atoms with Crippen molar-refractivity contribution in [1.29, 1.82) is 0 Å². The van der Waals surface area contributed by atoms with Crippen LogP contribution >= 0.6 is 22.6 Å². The van der Waals surface area contributed by atoms with Crippen LogP contribution < -0.4 is 0 Å². The van der Waals surface area contributed by atoms with Crippen LogP contribution in [0.2, 0.25) is 18.1 Å². The molecule has 0 aliphatic carbocycles. The molecule has 0 aliphatic rings. The molecule has 0 spiro atoms. The molecule has 1 N–H and O–H groups in total. The minimum atomic E-state index is -2.05. The Hall–Kier alpha value is 0.907. The van der Waals surface area contributed by atoms with Gasteiger partial charge in [-0.2, -0.15) is 0 Å². The van der Waals surface area contributed by atoms with Crippen LogP contribution in [-0.4, -0.2) is 17.5 Å². The lowest BCUT2D eigenvalue weighted by atomic mass is 9.79. The molecule has 3 heteroatoms. The minimum absolute atomic E-state index is 0.119. The van der Waals surface area contributed by atoms with Crippen molar-refractivity contribution < 1.29 is 4.80 Å². The number of rotatable bonds is 10. The number of hydrogen-bond donors (Lipinski definition) is 1. The smallest absolute Gasteiger partial charge is 0.188 e. The topological polar surface area (TPSA) is 20.2 Å². The van der Waals surface area contributed by atoms with E-state index in [1.807, 2.05) is 0 Å². The van der Waals surface area contributed by atoms with Crippen molar-refractivity contribution in [3.05, 3.63) is 0 Å². The first-order chi connectivity index (χ1) is 9.22. The zero-order valence-corrected chi connectivity index (χ0v) is 18.9. The van der Waals surface area contributed by atoms with Gasteiger partial charge in [-0.15, -0.1) is 0 Å². The molecule has 1 nitrogen and oxygen atoms in total. The Kier molecular flexibility index (Phi) is 8.49. The number of alkyl halides is 1. The van der Waals surface area contributed by atoms with Gasteiger partial charge in [0.1, 0.15) is 0 Å². The van der Waals surface area contributed by atoms with Crippen molar-refractivity contribution in [1.82, 2.24) is 0 Å². The molecule has 0 aliphatic heterocycles. The predicted octanol–water partition coefficient (Wildman–Crippen LogP) is 6.79. The van der Waals surface area contributed by atoms with Crippen LogP contribution in [0.1, 0.15) is 80.1 Å². The molecule has 21 heavy (non-hydrogen) atoms. The van der Waals surface area contributed by atoms with Crippen molar-refractivity contribution >= 4 is 30.9 Å². The van der Waals surface area contributed by atoms with Gasteiger partial charge in [-0.3, -0.25) is 0 Å². The molecule has 0 bridgehead atoms. The average Bonchev–Trinajstić information content (AvgIpc) is 2.31. The molecule has 0 rings (SSSR count). The van der Waals surface area contributed by atoms with Gasteiger partial charge < -0.3 is 4.80 Å². The maximum atomic E-state index is 10.4. The molecule has 0 radical (unpaired) electrons. The third kappa shape index (κ3) is 8.94. The summed E-state index contributed by atoms with van der Waals surface area (Å²) in [6, 6.07) is 0. The summed E-state index contributed by atoms with van der Waals surface area (Å²) in [6.45, 7) is 18.2. The fourth-order valence-electron chi connectivity index (χ4n) is 2.36. The summed E-state index contributed by atoms with van der Waals surface area (Å²) < 4.78 is 1.25. The Labute approximate surface area is 149 Å². The molecule has 0 heterocycles. The molecule has 0 amide bonds. The Balaban J connectivity index is 4.16. The van der Waals surface area contributed by atoms with Gasteiger partial charge in [-0.25, -0.2) is 0 Å². The van der Waals surface area contributed by atoms with E-state index in [0.29, 0.717) is 10.8 Å². The third-order valence-corrected chi connectivity index (χ3v) is 11.0. The van der Waals surface area contributed by atoms with Gasteiger partial charge in [0.25, 0.3) is 0 Å². The summed E-state index contributed by atoms with van der Waals surface area (Å²) in [5, 5.41) is 0.119. The molecule has 0 saturated heterocycles. The number of hydrogen-bond acceptors (Lipinski definition) is 1. The lowest BCUT2D eigenvalue weighted by Gasteiger charge is -2.38. The van der Waals surface area contributed by atoms with E-state index in [0.717, 1.165) is 6.42 Å². The van der Waals surface area contributed by atoms with Crippen LogP contribution in [0.5, 0.6) is 0 Å². The van der Waals surface area contributed by atoms with Gasteiger partial charge in [0.15, 0.2) is 8.32 Å². The summed E-state index contributed by atoms with van der Waals surface area (Å²) in [7, 11) is -2.05. The van der Waals surface area contributed by atoms with Gasteiger partial charge in [-0.1, -0.05) is 77.0 Å². The van der Waals surface area contributed by atoms with Gasteiger partial charge in [0.2, 0.25) is 0 Å². The first kappa shape index (κ1) is 21.9. The van der Waals surface area contributed by atoms with Gasteiger partial charge >= 0.3 is 0 Å². The van der Waals surface area contributed by atoms with E-state index in [1.54, 1.807) is 0 Å². The van der Waals surface area contributed by atoms with E-state index in [-0.39, 0.29) is 5.04 Å². The molecule has 0 saturated carbocycles. The average molecular weight is 426 g/mol. The second-order valence-electron chi connectivity index (χ2n) is 9.61. The van der Waals surface area contributed by atoms with Crippen molar-refractivity contribution in [2.45, 2.75) is 98.2 Å². The van der Waals surface area contributed by atoms with E-state index in [2.05, 4.69) is 77.2 Å².